The number of rotatable bonds is 27. The Morgan fingerprint density at radius 3 is 0.879 bits per heavy atom. The Balaban J connectivity index is 3.16. The molecule has 0 unspecified atom stereocenters. The summed E-state index contributed by atoms with van der Waals surface area (Å²) in [5, 5.41) is 0. The van der Waals surface area contributed by atoms with E-state index in [0.717, 1.165) is 6.42 Å². The molecule has 0 saturated carbocycles. The molecule has 0 aromatic heterocycles. The fraction of sp³-hybridized carbons (Fsp3) is 0.818. The van der Waals surface area contributed by atoms with Crippen LogP contribution in [0.4, 0.5) is 0 Å². The molecule has 33 heavy (non-hydrogen) atoms. The molecular formula is C33H62. The fourth-order valence-electron chi connectivity index (χ4n) is 4.41. The normalized spacial score (nSPS) is 12.2. The van der Waals surface area contributed by atoms with Crippen molar-refractivity contribution in [3.8, 4) is 0 Å². The predicted molar refractivity (Wildman–Crippen MR) is 154 cm³/mol. The smallest absolute Gasteiger partial charge is 0.0169 e. The van der Waals surface area contributed by atoms with Crippen LogP contribution in [0.5, 0.6) is 0 Å². The second-order valence-corrected chi connectivity index (χ2v) is 10.2. The molecule has 0 aliphatic heterocycles. The molecule has 0 aliphatic carbocycles. The zero-order valence-electron chi connectivity index (χ0n) is 23.1. The predicted octanol–water partition coefficient (Wildman–Crippen LogP) is 12.4. The molecule has 0 heteroatoms. The first-order valence-electron chi connectivity index (χ1n) is 15.4. The van der Waals surface area contributed by atoms with Crippen LogP contribution < -0.4 is 0 Å². The van der Waals surface area contributed by atoms with E-state index in [2.05, 4.69) is 50.3 Å². The summed E-state index contributed by atoms with van der Waals surface area (Å²) in [6.45, 7) is 4.57. The Morgan fingerprint density at radius 1 is 0.273 bits per heavy atom. The molecule has 0 aromatic carbocycles. The molecule has 0 spiro atoms. The van der Waals surface area contributed by atoms with Gasteiger partial charge in [-0.3, -0.25) is 0 Å². The summed E-state index contributed by atoms with van der Waals surface area (Å²) < 4.78 is 0. The number of unbranched alkanes of at least 4 members (excludes halogenated alkanes) is 21. The van der Waals surface area contributed by atoms with Gasteiger partial charge >= 0.3 is 0 Å². The van der Waals surface area contributed by atoms with Crippen molar-refractivity contribution < 1.29 is 0 Å². The molecule has 0 amide bonds. The molecule has 0 nitrogen and oxygen atoms in total. The Labute approximate surface area is 210 Å². The van der Waals surface area contributed by atoms with E-state index in [-0.39, 0.29) is 0 Å². The van der Waals surface area contributed by atoms with Crippen LogP contribution in [0.3, 0.4) is 0 Å². The van der Waals surface area contributed by atoms with Crippen LogP contribution in [-0.4, -0.2) is 0 Å². The average Bonchev–Trinajstić information content (AvgIpc) is 2.83. The third-order valence-electron chi connectivity index (χ3n) is 6.71. The van der Waals surface area contributed by atoms with Crippen molar-refractivity contribution in [3.05, 3.63) is 36.5 Å². The summed E-state index contributed by atoms with van der Waals surface area (Å²) in [6.07, 6.45) is 48.9. The molecular weight excluding hydrogens is 396 g/mol. The Kier molecular flexibility index (Phi) is 30.5. The van der Waals surface area contributed by atoms with Crippen molar-refractivity contribution >= 4 is 0 Å². The van der Waals surface area contributed by atoms with Gasteiger partial charge in [-0.05, 0) is 57.8 Å². The van der Waals surface area contributed by atoms with Crippen molar-refractivity contribution in [1.29, 1.82) is 0 Å². The van der Waals surface area contributed by atoms with E-state index in [0.29, 0.717) is 0 Å². The van der Waals surface area contributed by atoms with E-state index in [1.165, 1.54) is 154 Å². The van der Waals surface area contributed by atoms with Crippen LogP contribution in [0.2, 0.25) is 0 Å². The van der Waals surface area contributed by atoms with Gasteiger partial charge in [-0.15, -0.1) is 0 Å². The maximum atomic E-state index is 2.44. The maximum absolute atomic E-state index is 2.44. The first-order chi connectivity index (χ1) is 16.4. The lowest BCUT2D eigenvalue weighted by atomic mass is 10.0. The topological polar surface area (TPSA) is 0 Å². The Morgan fingerprint density at radius 2 is 0.515 bits per heavy atom. The highest BCUT2D eigenvalue weighted by molar-refractivity contribution is 4.92. The monoisotopic (exact) mass is 458 g/mol. The molecule has 0 fully saturated rings. The quantitative estimate of drug-likeness (QED) is 0.0847. The largest absolute Gasteiger partial charge is 0.0885 e. The van der Waals surface area contributed by atoms with Crippen molar-refractivity contribution in [2.75, 3.05) is 0 Å². The fourth-order valence-corrected chi connectivity index (χ4v) is 4.41. The molecule has 0 saturated heterocycles. The highest BCUT2D eigenvalue weighted by Gasteiger charge is 1.93. The van der Waals surface area contributed by atoms with E-state index in [9.17, 15) is 0 Å². The van der Waals surface area contributed by atoms with Crippen LogP contribution in [0.1, 0.15) is 174 Å². The van der Waals surface area contributed by atoms with Gasteiger partial charge in [-0.25, -0.2) is 0 Å². The zero-order valence-corrected chi connectivity index (χ0v) is 23.1. The summed E-state index contributed by atoms with van der Waals surface area (Å²) in [7, 11) is 0. The minimum Gasteiger partial charge on any atom is -0.0885 e. The van der Waals surface area contributed by atoms with Gasteiger partial charge in [0.05, 0.1) is 0 Å². The minimum atomic E-state index is 1.12. The van der Waals surface area contributed by atoms with Gasteiger partial charge in [0.1, 0.15) is 0 Å². The van der Waals surface area contributed by atoms with Gasteiger partial charge in [-0.1, -0.05) is 153 Å². The lowest BCUT2D eigenvalue weighted by Crippen LogP contribution is -1.82. The third kappa shape index (κ3) is 31.2. The molecule has 0 N–H and O–H groups in total. The molecule has 0 heterocycles. The van der Waals surface area contributed by atoms with Gasteiger partial charge in [0.15, 0.2) is 0 Å². The lowest BCUT2D eigenvalue weighted by molar-refractivity contribution is 0.540. The lowest BCUT2D eigenvalue weighted by Gasteiger charge is -2.02. The molecule has 0 rings (SSSR count). The van der Waals surface area contributed by atoms with E-state index in [1.54, 1.807) is 0 Å². The van der Waals surface area contributed by atoms with Gasteiger partial charge in [0.25, 0.3) is 0 Å². The number of allylic oxidation sites excluding steroid dienone is 6. The van der Waals surface area contributed by atoms with Crippen molar-refractivity contribution in [1.82, 2.24) is 0 Å². The highest BCUT2D eigenvalue weighted by Crippen LogP contribution is 2.13. The Hall–Kier alpha value is -0.780. The molecule has 0 atom stereocenters. The van der Waals surface area contributed by atoms with Crippen molar-refractivity contribution in [2.45, 2.75) is 174 Å². The summed E-state index contributed by atoms with van der Waals surface area (Å²) in [6, 6.07) is 0. The highest BCUT2D eigenvalue weighted by atomic mass is 14.0. The molecule has 194 valence electrons. The van der Waals surface area contributed by atoms with E-state index >= 15 is 0 Å². The van der Waals surface area contributed by atoms with Crippen LogP contribution in [-0.2, 0) is 0 Å². The number of hydrogen-bond donors (Lipinski definition) is 0. The Bertz CT molecular complexity index is 414. The maximum Gasteiger partial charge on any atom is -0.0169 e. The summed E-state index contributed by atoms with van der Waals surface area (Å²) in [4.78, 5) is 0. The first-order valence-corrected chi connectivity index (χ1v) is 15.4. The van der Waals surface area contributed by atoms with Gasteiger partial charge in [0, 0.05) is 0 Å². The van der Waals surface area contributed by atoms with Crippen molar-refractivity contribution in [2.24, 2.45) is 0 Å². The molecule has 0 radical (unpaired) electrons. The van der Waals surface area contributed by atoms with Crippen molar-refractivity contribution in [3.63, 3.8) is 0 Å². The number of hydrogen-bond acceptors (Lipinski definition) is 0. The minimum absolute atomic E-state index is 1.12. The average molecular weight is 459 g/mol. The van der Waals surface area contributed by atoms with Crippen LogP contribution in [0, 0.1) is 0 Å². The second kappa shape index (κ2) is 31.2. The molecule has 0 bridgehead atoms. The van der Waals surface area contributed by atoms with E-state index in [1.807, 2.05) is 0 Å². The molecule has 0 aromatic rings. The second-order valence-electron chi connectivity index (χ2n) is 10.2. The van der Waals surface area contributed by atoms with Crippen LogP contribution in [0.25, 0.3) is 0 Å². The molecule has 0 aliphatic rings. The standard InChI is InChI=1S/C33H62/c1-3-5-7-9-11-13-15-17-19-21-23-25-27-29-31-33-32-30-28-26-24-22-20-18-16-14-12-10-8-6-4-2/h11,13,17,19,32-33H,3-10,12,14-16,18,20-31H2,1-2H3. The van der Waals surface area contributed by atoms with Gasteiger partial charge in [-0.2, -0.15) is 0 Å². The van der Waals surface area contributed by atoms with E-state index < -0.39 is 0 Å². The SMILES string of the molecule is CCCCCC=CCC=CCCCCCCC=CCCCCCCCCCCCCCCC. The summed E-state index contributed by atoms with van der Waals surface area (Å²) in [5.74, 6) is 0. The third-order valence-corrected chi connectivity index (χ3v) is 6.71. The first kappa shape index (κ1) is 32.2. The zero-order chi connectivity index (χ0) is 23.9. The summed E-state index contributed by atoms with van der Waals surface area (Å²) >= 11 is 0. The van der Waals surface area contributed by atoms with E-state index in [4.69, 9.17) is 0 Å². The van der Waals surface area contributed by atoms with Gasteiger partial charge in [0.2, 0.25) is 0 Å². The van der Waals surface area contributed by atoms with Crippen LogP contribution >= 0.6 is 0 Å². The van der Waals surface area contributed by atoms with Gasteiger partial charge < -0.3 is 0 Å². The summed E-state index contributed by atoms with van der Waals surface area (Å²) in [5.41, 5.74) is 0. The van der Waals surface area contributed by atoms with Crippen LogP contribution in [0.15, 0.2) is 36.5 Å².